The van der Waals surface area contributed by atoms with Gasteiger partial charge >= 0.3 is 0 Å². The number of rotatable bonds is 7. The zero-order valence-electron chi connectivity index (χ0n) is 35.9. The Balaban J connectivity index is 0.834. The molecule has 7 amide bonds. The lowest BCUT2D eigenvalue weighted by atomic mass is 9.94. The van der Waals surface area contributed by atoms with Crippen LogP contribution in [0.2, 0.25) is 0 Å². The second-order valence-electron chi connectivity index (χ2n) is 18.2. The van der Waals surface area contributed by atoms with Gasteiger partial charge in [-0.3, -0.25) is 53.4 Å². The van der Waals surface area contributed by atoms with Crippen LogP contribution in [0, 0.1) is 0 Å². The van der Waals surface area contributed by atoms with Gasteiger partial charge in [-0.1, -0.05) is 0 Å². The lowest BCUT2D eigenvalue weighted by Crippen LogP contribution is -2.54. The number of hydrogen-bond donors (Lipinski definition) is 1. The normalized spacial score (nSPS) is 21.6. The van der Waals surface area contributed by atoms with Crippen molar-refractivity contribution in [1.29, 1.82) is 0 Å². The number of nitrogens with zero attached hydrogens (tertiary/aromatic N) is 8. The van der Waals surface area contributed by atoms with Crippen LogP contribution in [0.5, 0.6) is 0 Å². The van der Waals surface area contributed by atoms with E-state index in [9.17, 15) is 42.3 Å². The molecule has 7 aliphatic rings. The van der Waals surface area contributed by atoms with E-state index >= 15 is 0 Å². The van der Waals surface area contributed by atoms with E-state index in [2.05, 4.69) is 10.00 Å². The highest BCUT2D eigenvalue weighted by Crippen LogP contribution is 2.42. The summed E-state index contributed by atoms with van der Waals surface area (Å²) >= 11 is 0. The standard InChI is InChI=1S/C46H51F2N9O7/c1-26(58)54-17-11-36-35(24-54)42(55-14-5-6-27-18-32(31(41(47)48)21-38(27)55)44(62)53-12-3-2-4-13-53)50-57(36)30-9-15-52(16-10-30)40(60)25-51-22-28-19-33-34(20-29(28)23-51)46(64)56(45(33)63)37-7-8-39(59)49-43(37)61/h18-21,30,37,41H,2-17,22-25H2,1H3,(H,49,59,61). The Morgan fingerprint density at radius 3 is 2.11 bits per heavy atom. The number of halogens is 2. The number of aromatic nitrogens is 2. The topological polar surface area (TPSA) is 169 Å². The second kappa shape index (κ2) is 16.5. The minimum Gasteiger partial charge on any atom is -0.341 e. The number of piperidine rings is 3. The zero-order valence-corrected chi connectivity index (χ0v) is 35.9. The molecule has 0 spiro atoms. The van der Waals surface area contributed by atoms with Crippen molar-refractivity contribution in [3.63, 3.8) is 0 Å². The Bertz CT molecular complexity index is 2460. The van der Waals surface area contributed by atoms with Crippen LogP contribution in [-0.4, -0.2) is 127 Å². The summed E-state index contributed by atoms with van der Waals surface area (Å²) in [5.41, 5.74) is 5.26. The third-order valence-electron chi connectivity index (χ3n) is 14.3. The molecule has 1 atom stereocenters. The molecule has 2 aromatic carbocycles. The number of benzene rings is 2. The number of fused-ring (bicyclic) bond motifs is 4. The smallest absolute Gasteiger partial charge is 0.264 e. The Morgan fingerprint density at radius 1 is 0.750 bits per heavy atom. The van der Waals surface area contributed by atoms with Gasteiger partial charge in [0.2, 0.25) is 23.6 Å². The Morgan fingerprint density at radius 2 is 1.45 bits per heavy atom. The van der Waals surface area contributed by atoms with Crippen molar-refractivity contribution in [2.45, 2.75) is 109 Å². The Hall–Kier alpha value is -6.04. The lowest BCUT2D eigenvalue weighted by Gasteiger charge is -2.34. The molecule has 3 saturated heterocycles. The first kappa shape index (κ1) is 41.9. The summed E-state index contributed by atoms with van der Waals surface area (Å²) < 4.78 is 31.7. The number of anilines is 2. The minimum atomic E-state index is -2.84. The van der Waals surface area contributed by atoms with Crippen LogP contribution >= 0.6 is 0 Å². The minimum absolute atomic E-state index is 0.0332. The van der Waals surface area contributed by atoms with E-state index in [-0.39, 0.29) is 65.4 Å². The van der Waals surface area contributed by atoms with Gasteiger partial charge in [-0.15, -0.1) is 0 Å². The fraction of sp³-hybridized carbons (Fsp3) is 0.522. The molecule has 64 heavy (non-hydrogen) atoms. The second-order valence-corrected chi connectivity index (χ2v) is 18.2. The van der Waals surface area contributed by atoms with Gasteiger partial charge in [0.05, 0.1) is 30.3 Å². The number of hydrogen-bond acceptors (Lipinski definition) is 10. The van der Waals surface area contributed by atoms with Crippen molar-refractivity contribution in [2.24, 2.45) is 0 Å². The Labute approximate surface area is 368 Å². The van der Waals surface area contributed by atoms with Gasteiger partial charge in [0.25, 0.3) is 24.1 Å². The summed E-state index contributed by atoms with van der Waals surface area (Å²) in [5.74, 6) is -2.01. The van der Waals surface area contributed by atoms with Gasteiger partial charge in [0.15, 0.2) is 5.82 Å². The van der Waals surface area contributed by atoms with Crippen molar-refractivity contribution >= 4 is 52.9 Å². The van der Waals surface area contributed by atoms with E-state index in [0.29, 0.717) is 96.1 Å². The van der Waals surface area contributed by atoms with Crippen molar-refractivity contribution in [2.75, 3.05) is 50.7 Å². The van der Waals surface area contributed by atoms with Crippen LogP contribution in [0.25, 0.3) is 0 Å². The van der Waals surface area contributed by atoms with Crippen LogP contribution in [0.4, 0.5) is 20.3 Å². The SMILES string of the molecule is CC(=O)N1CCc2c(c(N3CCCc4cc(C(=O)N5CCCCC5)c(C(F)F)cc43)nn2C2CCN(C(=O)CN3Cc4cc5c(cc4C3)C(=O)N(C3CCC(=O)NC3=O)C5=O)CC2)C1. The van der Waals surface area contributed by atoms with Crippen LogP contribution in [0.1, 0.15) is 135 Å². The maximum absolute atomic E-state index is 14.8. The quantitative estimate of drug-likeness (QED) is 0.343. The summed E-state index contributed by atoms with van der Waals surface area (Å²) in [5, 5.41) is 7.45. The fourth-order valence-corrected chi connectivity index (χ4v) is 10.9. The first-order valence-corrected chi connectivity index (χ1v) is 22.6. The fourth-order valence-electron chi connectivity index (χ4n) is 10.9. The zero-order chi connectivity index (χ0) is 44.6. The van der Waals surface area contributed by atoms with Crippen LogP contribution in [0.3, 0.4) is 0 Å². The maximum Gasteiger partial charge on any atom is 0.264 e. The van der Waals surface area contributed by atoms with E-state index in [4.69, 9.17) is 5.10 Å². The number of aryl methyl sites for hydroxylation is 1. The Kier molecular flexibility index (Phi) is 10.8. The highest BCUT2D eigenvalue weighted by Gasteiger charge is 2.46. The number of imide groups is 2. The molecule has 10 rings (SSSR count). The van der Waals surface area contributed by atoms with Crippen LogP contribution in [-0.2, 0) is 51.7 Å². The van der Waals surface area contributed by atoms with E-state index in [1.165, 1.54) is 6.07 Å². The predicted octanol–water partition coefficient (Wildman–Crippen LogP) is 4.02. The molecule has 0 bridgehead atoms. The van der Waals surface area contributed by atoms with Crippen molar-refractivity contribution in [3.05, 3.63) is 74.5 Å². The van der Waals surface area contributed by atoms with Gasteiger partial charge in [-0.05, 0) is 92.3 Å². The first-order valence-electron chi connectivity index (χ1n) is 22.6. The number of alkyl halides is 2. The molecule has 0 radical (unpaired) electrons. The third kappa shape index (κ3) is 7.32. The molecule has 16 nitrogen and oxygen atoms in total. The largest absolute Gasteiger partial charge is 0.341 e. The molecule has 3 fully saturated rings. The van der Waals surface area contributed by atoms with Crippen LogP contribution < -0.4 is 10.2 Å². The average molecular weight is 880 g/mol. The molecule has 7 aliphatic heterocycles. The van der Waals surface area contributed by atoms with Crippen molar-refractivity contribution in [1.82, 2.24) is 39.6 Å². The summed E-state index contributed by atoms with van der Waals surface area (Å²) in [4.78, 5) is 101. The molecule has 336 valence electrons. The number of carbonyl (C=O) groups excluding carboxylic acids is 7. The van der Waals surface area contributed by atoms with E-state index < -0.39 is 36.1 Å². The number of likely N-dealkylation sites (tertiary alicyclic amines) is 2. The molecule has 1 unspecified atom stereocenters. The molecule has 1 N–H and O–H groups in total. The molecule has 1 aromatic heterocycles. The lowest BCUT2D eigenvalue weighted by molar-refractivity contribution is -0.136. The molecule has 3 aromatic rings. The number of amides is 7. The summed E-state index contributed by atoms with van der Waals surface area (Å²) in [6.07, 6.45) is 3.26. The number of carbonyl (C=O) groups is 7. The van der Waals surface area contributed by atoms with Gasteiger partial charge in [0, 0.05) is 100 Å². The molecular formula is C46H51F2N9O7. The van der Waals surface area contributed by atoms with E-state index in [1.54, 1.807) is 34.9 Å². The highest BCUT2D eigenvalue weighted by atomic mass is 19.3. The highest BCUT2D eigenvalue weighted by molar-refractivity contribution is 6.23. The predicted molar refractivity (Wildman–Crippen MR) is 226 cm³/mol. The monoisotopic (exact) mass is 879 g/mol. The summed E-state index contributed by atoms with van der Waals surface area (Å²) in [7, 11) is 0. The summed E-state index contributed by atoms with van der Waals surface area (Å²) in [6.45, 7) is 6.07. The molecule has 18 heteroatoms. The molecule has 8 heterocycles. The van der Waals surface area contributed by atoms with Gasteiger partial charge in [-0.25, -0.2) is 8.78 Å². The first-order chi connectivity index (χ1) is 30.8. The van der Waals surface area contributed by atoms with Crippen LogP contribution in [0.15, 0.2) is 24.3 Å². The van der Waals surface area contributed by atoms with E-state index in [0.717, 1.165) is 58.5 Å². The van der Waals surface area contributed by atoms with Gasteiger partial charge < -0.3 is 19.6 Å². The molecule has 0 saturated carbocycles. The average Bonchev–Trinajstić information content (AvgIpc) is 3.95. The van der Waals surface area contributed by atoms with Gasteiger partial charge in [-0.2, -0.15) is 5.10 Å². The summed E-state index contributed by atoms with van der Waals surface area (Å²) in [6, 6.07) is 5.47. The maximum atomic E-state index is 14.8. The van der Waals surface area contributed by atoms with Crippen molar-refractivity contribution in [3.8, 4) is 0 Å². The van der Waals surface area contributed by atoms with E-state index in [1.807, 2.05) is 14.7 Å². The molecule has 0 aliphatic carbocycles. The number of nitrogens with one attached hydrogen (secondary N) is 1. The van der Waals surface area contributed by atoms with Crippen molar-refractivity contribution < 1.29 is 42.3 Å². The van der Waals surface area contributed by atoms with Gasteiger partial charge in [0.1, 0.15) is 6.04 Å². The third-order valence-corrected chi connectivity index (χ3v) is 14.3. The molecular weight excluding hydrogens is 829 g/mol.